The van der Waals surface area contributed by atoms with Gasteiger partial charge >= 0.3 is 0 Å². The fourth-order valence-corrected chi connectivity index (χ4v) is 4.17. The molecule has 1 aliphatic rings. The van der Waals surface area contributed by atoms with Gasteiger partial charge in [-0.2, -0.15) is 0 Å². The van der Waals surface area contributed by atoms with Crippen LogP contribution in [-0.2, 0) is 9.59 Å². The zero-order valence-electron chi connectivity index (χ0n) is 17.8. The van der Waals surface area contributed by atoms with Crippen molar-refractivity contribution in [3.63, 3.8) is 0 Å². The lowest BCUT2D eigenvalue weighted by molar-refractivity contribution is -0.119. The maximum Gasteiger partial charge on any atom is 0.272 e. The second kappa shape index (κ2) is 8.46. The van der Waals surface area contributed by atoms with E-state index < -0.39 is 0 Å². The number of imide groups is 1. The number of benzene rings is 2. The number of rotatable bonds is 6. The van der Waals surface area contributed by atoms with Crippen molar-refractivity contribution >= 4 is 34.8 Å². The molecule has 3 rings (SSSR count). The molecule has 5 heteroatoms. The minimum Gasteiger partial charge on any atom is -0.491 e. The average Bonchev–Trinajstić information content (AvgIpc) is 2.87. The molecule has 0 radical (unpaired) electrons. The third-order valence-corrected chi connectivity index (χ3v) is 5.74. The smallest absolute Gasteiger partial charge is 0.272 e. The van der Waals surface area contributed by atoms with Crippen molar-refractivity contribution in [3.8, 4) is 5.75 Å². The third kappa shape index (κ3) is 4.40. The Hall–Kier alpha value is -2.53. The second-order valence-corrected chi connectivity index (χ2v) is 9.36. The van der Waals surface area contributed by atoms with Crippen LogP contribution in [0.25, 0.3) is 5.57 Å². The van der Waals surface area contributed by atoms with Crippen LogP contribution in [0.3, 0.4) is 0 Å². The van der Waals surface area contributed by atoms with Crippen molar-refractivity contribution in [2.24, 2.45) is 0 Å². The predicted molar refractivity (Wildman–Crippen MR) is 120 cm³/mol. The SMILES string of the molecule is Cc1ccc(C2=C(SC(C)C)C(=O)N(c3ccc(OC(C)C)cc3)C2=O)cc1C. The molecule has 2 aromatic carbocycles. The number of hydrogen-bond acceptors (Lipinski definition) is 4. The van der Waals surface area contributed by atoms with E-state index >= 15 is 0 Å². The Morgan fingerprint density at radius 1 is 0.862 bits per heavy atom. The normalized spacial score (nSPS) is 14.6. The zero-order chi connectivity index (χ0) is 21.3. The van der Waals surface area contributed by atoms with Crippen molar-refractivity contribution in [2.45, 2.75) is 52.9 Å². The fourth-order valence-electron chi connectivity index (χ4n) is 3.19. The molecule has 0 N–H and O–H groups in total. The number of hydrogen-bond donors (Lipinski definition) is 0. The molecule has 29 heavy (non-hydrogen) atoms. The van der Waals surface area contributed by atoms with Crippen LogP contribution in [0.1, 0.15) is 44.4 Å². The first-order chi connectivity index (χ1) is 13.7. The molecular formula is C24H27NO3S. The van der Waals surface area contributed by atoms with Gasteiger partial charge in [-0.1, -0.05) is 32.0 Å². The number of ether oxygens (including phenoxy) is 1. The first kappa shape index (κ1) is 21.2. The quantitative estimate of drug-likeness (QED) is 0.590. The Kier molecular flexibility index (Phi) is 6.18. The van der Waals surface area contributed by atoms with E-state index in [1.54, 1.807) is 24.3 Å². The lowest BCUT2D eigenvalue weighted by Gasteiger charge is -2.17. The number of nitrogens with zero attached hydrogens (tertiary/aromatic N) is 1. The summed E-state index contributed by atoms with van der Waals surface area (Å²) in [4.78, 5) is 28.4. The average molecular weight is 410 g/mol. The third-order valence-electron chi connectivity index (χ3n) is 4.66. The molecule has 1 heterocycles. The zero-order valence-corrected chi connectivity index (χ0v) is 18.6. The van der Waals surface area contributed by atoms with E-state index in [-0.39, 0.29) is 23.2 Å². The largest absolute Gasteiger partial charge is 0.491 e. The molecule has 152 valence electrons. The molecule has 0 bridgehead atoms. The highest BCUT2D eigenvalue weighted by atomic mass is 32.2. The van der Waals surface area contributed by atoms with Crippen molar-refractivity contribution < 1.29 is 14.3 Å². The van der Waals surface area contributed by atoms with E-state index in [2.05, 4.69) is 0 Å². The number of aryl methyl sites for hydroxylation is 2. The van der Waals surface area contributed by atoms with Crippen LogP contribution in [-0.4, -0.2) is 23.2 Å². The molecular weight excluding hydrogens is 382 g/mol. The number of carbonyl (C=O) groups excluding carboxylic acids is 2. The number of anilines is 1. The maximum atomic E-state index is 13.4. The van der Waals surface area contributed by atoms with Crippen LogP contribution < -0.4 is 9.64 Å². The molecule has 0 unspecified atom stereocenters. The van der Waals surface area contributed by atoms with E-state index in [4.69, 9.17) is 4.74 Å². The topological polar surface area (TPSA) is 46.6 Å². The molecule has 0 saturated heterocycles. The monoisotopic (exact) mass is 409 g/mol. The van der Waals surface area contributed by atoms with Gasteiger partial charge in [0.2, 0.25) is 0 Å². The van der Waals surface area contributed by atoms with Gasteiger partial charge in [-0.15, -0.1) is 11.8 Å². The molecule has 1 aliphatic heterocycles. The summed E-state index contributed by atoms with van der Waals surface area (Å²) >= 11 is 1.44. The van der Waals surface area contributed by atoms with Crippen molar-refractivity contribution in [1.82, 2.24) is 0 Å². The van der Waals surface area contributed by atoms with Gasteiger partial charge in [-0.05, 0) is 68.7 Å². The summed E-state index contributed by atoms with van der Waals surface area (Å²) in [6.45, 7) is 12.0. The molecule has 0 saturated carbocycles. The van der Waals surface area contributed by atoms with Crippen LogP contribution in [0.15, 0.2) is 47.4 Å². The van der Waals surface area contributed by atoms with Gasteiger partial charge in [0.25, 0.3) is 11.8 Å². The minimum absolute atomic E-state index is 0.0583. The van der Waals surface area contributed by atoms with Crippen LogP contribution in [0.4, 0.5) is 5.69 Å². The number of carbonyl (C=O) groups is 2. The first-order valence-corrected chi connectivity index (χ1v) is 10.7. The molecule has 0 atom stereocenters. The van der Waals surface area contributed by atoms with Crippen LogP contribution >= 0.6 is 11.8 Å². The molecule has 0 spiro atoms. The first-order valence-electron chi connectivity index (χ1n) is 9.83. The lowest BCUT2D eigenvalue weighted by atomic mass is 10.0. The van der Waals surface area contributed by atoms with Crippen LogP contribution in [0.5, 0.6) is 5.75 Å². The molecule has 2 aromatic rings. The van der Waals surface area contributed by atoms with Crippen LogP contribution in [0, 0.1) is 13.8 Å². The van der Waals surface area contributed by atoms with Crippen molar-refractivity contribution in [2.75, 3.05) is 4.90 Å². The predicted octanol–water partition coefficient (Wildman–Crippen LogP) is 5.52. The highest BCUT2D eigenvalue weighted by molar-refractivity contribution is 8.04. The van der Waals surface area contributed by atoms with E-state index in [1.165, 1.54) is 16.7 Å². The number of amides is 2. The molecule has 4 nitrogen and oxygen atoms in total. The molecule has 0 aromatic heterocycles. The van der Waals surface area contributed by atoms with Gasteiger partial charge in [0.1, 0.15) is 5.75 Å². The van der Waals surface area contributed by atoms with Gasteiger partial charge in [0, 0.05) is 5.25 Å². The molecule has 0 aliphatic carbocycles. The second-order valence-electron chi connectivity index (χ2n) is 7.78. The van der Waals surface area contributed by atoms with E-state index in [9.17, 15) is 9.59 Å². The Bertz CT molecular complexity index is 974. The van der Waals surface area contributed by atoms with Crippen LogP contribution in [0.2, 0.25) is 0 Å². The number of thioether (sulfide) groups is 1. The van der Waals surface area contributed by atoms with E-state index in [1.807, 2.05) is 59.7 Å². The van der Waals surface area contributed by atoms with E-state index in [0.29, 0.717) is 21.9 Å². The summed E-state index contributed by atoms with van der Waals surface area (Å²) in [6, 6.07) is 13.0. The van der Waals surface area contributed by atoms with Gasteiger partial charge in [-0.25, -0.2) is 4.90 Å². The maximum absolute atomic E-state index is 13.4. The Balaban J connectivity index is 2.02. The summed E-state index contributed by atoms with van der Waals surface area (Å²) in [6.07, 6.45) is 0.0583. The standard InChI is InChI=1S/C24H27NO3S/c1-14(2)28-20-11-9-19(10-12-20)25-23(26)21(22(24(25)27)29-15(3)4)18-8-7-16(5)17(6)13-18/h7-15H,1-6H3. The summed E-state index contributed by atoms with van der Waals surface area (Å²) in [5.41, 5.74) is 4.08. The summed E-state index contributed by atoms with van der Waals surface area (Å²) in [5, 5.41) is 0.185. The summed E-state index contributed by atoms with van der Waals surface area (Å²) in [5.74, 6) is 0.167. The molecule has 0 fully saturated rings. The van der Waals surface area contributed by atoms with Gasteiger partial charge in [-0.3, -0.25) is 9.59 Å². The van der Waals surface area contributed by atoms with Gasteiger partial charge in [0.05, 0.1) is 22.3 Å². The van der Waals surface area contributed by atoms with Gasteiger partial charge < -0.3 is 4.74 Å². The summed E-state index contributed by atoms with van der Waals surface area (Å²) in [7, 11) is 0. The lowest BCUT2D eigenvalue weighted by Crippen LogP contribution is -2.31. The minimum atomic E-state index is -0.279. The Morgan fingerprint density at radius 3 is 2.07 bits per heavy atom. The van der Waals surface area contributed by atoms with Crippen molar-refractivity contribution in [3.05, 3.63) is 64.1 Å². The molecule has 2 amide bonds. The highest BCUT2D eigenvalue weighted by Crippen LogP contribution is 2.40. The Labute approximate surface area is 176 Å². The highest BCUT2D eigenvalue weighted by Gasteiger charge is 2.40. The van der Waals surface area contributed by atoms with Crippen molar-refractivity contribution in [1.29, 1.82) is 0 Å². The van der Waals surface area contributed by atoms with Gasteiger partial charge in [0.15, 0.2) is 0 Å². The summed E-state index contributed by atoms with van der Waals surface area (Å²) < 4.78 is 5.67. The Morgan fingerprint density at radius 2 is 1.52 bits per heavy atom. The van der Waals surface area contributed by atoms with E-state index in [0.717, 1.165) is 16.7 Å². The fraction of sp³-hybridized carbons (Fsp3) is 0.333.